The van der Waals surface area contributed by atoms with E-state index in [1.54, 1.807) is 0 Å². The second-order valence-corrected chi connectivity index (χ2v) is 5.00. The zero-order chi connectivity index (χ0) is 13.1. The molecule has 1 aromatic heterocycles. The van der Waals surface area contributed by atoms with Gasteiger partial charge in [0.2, 0.25) is 0 Å². The van der Waals surface area contributed by atoms with Crippen molar-refractivity contribution in [3.8, 4) is 0 Å². The molecule has 2 aromatic rings. The van der Waals surface area contributed by atoms with Gasteiger partial charge in [0.15, 0.2) is 0 Å². The van der Waals surface area contributed by atoms with Gasteiger partial charge in [-0.3, -0.25) is 4.68 Å². The fourth-order valence-corrected chi connectivity index (χ4v) is 2.44. The molecular formula is C14H18ClN3. The molecule has 0 aliphatic rings. The summed E-state index contributed by atoms with van der Waals surface area (Å²) >= 11 is 5.99. The van der Waals surface area contributed by atoms with Gasteiger partial charge in [0.05, 0.1) is 6.20 Å². The minimum Gasteiger partial charge on any atom is -0.313 e. The van der Waals surface area contributed by atoms with E-state index in [0.717, 1.165) is 11.4 Å². The van der Waals surface area contributed by atoms with E-state index < -0.39 is 0 Å². The summed E-state index contributed by atoms with van der Waals surface area (Å²) in [7, 11) is 3.92. The summed E-state index contributed by atoms with van der Waals surface area (Å²) in [4.78, 5) is 0. The fourth-order valence-electron chi connectivity index (χ4n) is 2.21. The highest BCUT2D eigenvalue weighted by molar-refractivity contribution is 6.30. The van der Waals surface area contributed by atoms with Crippen molar-refractivity contribution in [1.29, 1.82) is 0 Å². The summed E-state index contributed by atoms with van der Waals surface area (Å²) in [6.07, 6.45) is 4.89. The van der Waals surface area contributed by atoms with Crippen molar-refractivity contribution < 1.29 is 0 Å². The second-order valence-electron chi connectivity index (χ2n) is 4.57. The van der Waals surface area contributed by atoms with Crippen molar-refractivity contribution >= 4 is 11.6 Å². The van der Waals surface area contributed by atoms with Crippen LogP contribution in [0.3, 0.4) is 0 Å². The summed E-state index contributed by atoms with van der Waals surface area (Å²) in [5.41, 5.74) is 3.72. The van der Waals surface area contributed by atoms with Crippen molar-refractivity contribution in [3.05, 3.63) is 52.3 Å². The van der Waals surface area contributed by atoms with Gasteiger partial charge < -0.3 is 5.32 Å². The first-order valence-electron chi connectivity index (χ1n) is 6.01. The maximum atomic E-state index is 5.99. The van der Waals surface area contributed by atoms with Crippen molar-refractivity contribution in [2.24, 2.45) is 7.05 Å². The number of nitrogens with zero attached hydrogens (tertiary/aromatic N) is 2. The Morgan fingerprint density at radius 1 is 1.44 bits per heavy atom. The molecule has 0 amide bonds. The van der Waals surface area contributed by atoms with Crippen molar-refractivity contribution in [3.63, 3.8) is 0 Å². The third-order valence-corrected chi connectivity index (χ3v) is 3.39. The Labute approximate surface area is 113 Å². The van der Waals surface area contributed by atoms with Crippen LogP contribution in [0.5, 0.6) is 0 Å². The highest BCUT2D eigenvalue weighted by Crippen LogP contribution is 2.24. The summed E-state index contributed by atoms with van der Waals surface area (Å²) in [6.45, 7) is 2.09. The standard InChI is InChI=1S/C14H18ClN3/c1-10-6-12(15)4-5-13(10)14(16-2)7-11-8-17-18(3)9-11/h4-6,8-9,14,16H,7H2,1-3H3. The first kappa shape index (κ1) is 13.1. The van der Waals surface area contributed by atoms with Crippen LogP contribution < -0.4 is 5.32 Å². The summed E-state index contributed by atoms with van der Waals surface area (Å²) in [6, 6.07) is 6.32. The van der Waals surface area contributed by atoms with E-state index in [-0.39, 0.29) is 6.04 Å². The molecule has 4 heteroatoms. The number of aromatic nitrogens is 2. The third kappa shape index (κ3) is 2.92. The fraction of sp³-hybridized carbons (Fsp3) is 0.357. The van der Waals surface area contributed by atoms with Gasteiger partial charge >= 0.3 is 0 Å². The largest absolute Gasteiger partial charge is 0.313 e. The summed E-state index contributed by atoms with van der Waals surface area (Å²) in [5.74, 6) is 0. The van der Waals surface area contributed by atoms with Crippen molar-refractivity contribution in [2.45, 2.75) is 19.4 Å². The number of hydrogen-bond acceptors (Lipinski definition) is 2. The van der Waals surface area contributed by atoms with Gasteiger partial charge in [-0.05, 0) is 49.2 Å². The maximum Gasteiger partial charge on any atom is 0.0522 e. The number of rotatable bonds is 4. The van der Waals surface area contributed by atoms with Crippen LogP contribution in [0, 0.1) is 6.92 Å². The Morgan fingerprint density at radius 3 is 2.78 bits per heavy atom. The van der Waals surface area contributed by atoms with E-state index >= 15 is 0 Å². The van der Waals surface area contributed by atoms with Crippen LogP contribution in [0.4, 0.5) is 0 Å². The predicted molar refractivity (Wildman–Crippen MR) is 74.9 cm³/mol. The van der Waals surface area contributed by atoms with Crippen LogP contribution in [-0.4, -0.2) is 16.8 Å². The minimum absolute atomic E-state index is 0.284. The molecule has 0 radical (unpaired) electrons. The molecule has 0 spiro atoms. The van der Waals surface area contributed by atoms with Crippen LogP contribution in [0.25, 0.3) is 0 Å². The van der Waals surface area contributed by atoms with Gasteiger partial charge in [-0.25, -0.2) is 0 Å². The van der Waals surface area contributed by atoms with E-state index in [4.69, 9.17) is 11.6 Å². The third-order valence-electron chi connectivity index (χ3n) is 3.15. The molecule has 96 valence electrons. The molecule has 1 heterocycles. The first-order valence-corrected chi connectivity index (χ1v) is 6.39. The topological polar surface area (TPSA) is 29.9 Å². The number of aryl methyl sites for hydroxylation is 2. The Bertz CT molecular complexity index is 534. The first-order chi connectivity index (χ1) is 8.60. The van der Waals surface area contributed by atoms with E-state index in [1.807, 2.05) is 37.1 Å². The highest BCUT2D eigenvalue weighted by atomic mass is 35.5. The highest BCUT2D eigenvalue weighted by Gasteiger charge is 2.13. The normalized spacial score (nSPS) is 12.7. The van der Waals surface area contributed by atoms with E-state index in [2.05, 4.69) is 29.6 Å². The van der Waals surface area contributed by atoms with E-state index in [9.17, 15) is 0 Å². The molecule has 18 heavy (non-hydrogen) atoms. The van der Waals surface area contributed by atoms with Gasteiger partial charge in [-0.15, -0.1) is 0 Å². The van der Waals surface area contributed by atoms with Crippen molar-refractivity contribution in [1.82, 2.24) is 15.1 Å². The molecule has 0 aliphatic carbocycles. The van der Waals surface area contributed by atoms with Crippen LogP contribution in [0.2, 0.25) is 5.02 Å². The molecule has 0 aliphatic heterocycles. The number of halogens is 1. The summed E-state index contributed by atoms with van der Waals surface area (Å²) < 4.78 is 1.83. The Kier molecular flexibility index (Phi) is 4.04. The lowest BCUT2D eigenvalue weighted by Gasteiger charge is -2.18. The average molecular weight is 264 g/mol. The maximum absolute atomic E-state index is 5.99. The molecule has 0 fully saturated rings. The minimum atomic E-state index is 0.284. The van der Waals surface area contributed by atoms with Crippen LogP contribution in [0.15, 0.2) is 30.6 Å². The van der Waals surface area contributed by atoms with E-state index in [1.165, 1.54) is 16.7 Å². The number of nitrogens with one attached hydrogen (secondary N) is 1. The van der Waals surface area contributed by atoms with Gasteiger partial charge in [0, 0.05) is 24.3 Å². The molecular weight excluding hydrogens is 246 g/mol. The lowest BCUT2D eigenvalue weighted by atomic mass is 9.97. The van der Waals surface area contributed by atoms with Gasteiger partial charge in [0.25, 0.3) is 0 Å². The molecule has 0 bridgehead atoms. The average Bonchev–Trinajstić information content (AvgIpc) is 2.72. The smallest absolute Gasteiger partial charge is 0.0522 e. The zero-order valence-electron chi connectivity index (χ0n) is 10.9. The SMILES string of the molecule is CNC(Cc1cnn(C)c1)c1ccc(Cl)cc1C. The lowest BCUT2D eigenvalue weighted by Crippen LogP contribution is -2.19. The Balaban J connectivity index is 2.22. The monoisotopic (exact) mass is 263 g/mol. The van der Waals surface area contributed by atoms with E-state index in [0.29, 0.717) is 0 Å². The predicted octanol–water partition coefficient (Wildman–Crippen LogP) is 2.89. The summed E-state index contributed by atoms with van der Waals surface area (Å²) in [5, 5.41) is 8.34. The van der Waals surface area contributed by atoms with Crippen LogP contribution >= 0.6 is 11.6 Å². The number of benzene rings is 1. The number of likely N-dealkylation sites (N-methyl/N-ethyl adjacent to an activating group) is 1. The molecule has 0 saturated heterocycles. The van der Waals surface area contributed by atoms with Crippen LogP contribution in [0.1, 0.15) is 22.7 Å². The van der Waals surface area contributed by atoms with Gasteiger partial charge in [-0.1, -0.05) is 17.7 Å². The molecule has 1 atom stereocenters. The Hall–Kier alpha value is -1.32. The molecule has 0 saturated carbocycles. The van der Waals surface area contributed by atoms with Gasteiger partial charge in [-0.2, -0.15) is 5.10 Å². The molecule has 1 aromatic carbocycles. The van der Waals surface area contributed by atoms with Gasteiger partial charge in [0.1, 0.15) is 0 Å². The molecule has 2 rings (SSSR count). The number of hydrogen-bond donors (Lipinski definition) is 1. The zero-order valence-corrected chi connectivity index (χ0v) is 11.7. The second kappa shape index (κ2) is 5.55. The quantitative estimate of drug-likeness (QED) is 0.919. The van der Waals surface area contributed by atoms with Crippen LogP contribution in [-0.2, 0) is 13.5 Å². The molecule has 3 nitrogen and oxygen atoms in total. The Morgan fingerprint density at radius 2 is 2.22 bits per heavy atom. The molecule has 1 N–H and O–H groups in total. The van der Waals surface area contributed by atoms with Crippen molar-refractivity contribution in [2.75, 3.05) is 7.05 Å². The molecule has 1 unspecified atom stereocenters. The lowest BCUT2D eigenvalue weighted by molar-refractivity contribution is 0.588.